The highest BCUT2D eigenvalue weighted by Crippen LogP contribution is 2.23. The Morgan fingerprint density at radius 3 is 2.64 bits per heavy atom. The summed E-state index contributed by atoms with van der Waals surface area (Å²) >= 11 is 5.84. The largest absolute Gasteiger partial charge is 0.457 e. The van der Waals surface area contributed by atoms with E-state index in [4.69, 9.17) is 16.3 Å². The van der Waals surface area contributed by atoms with Crippen LogP contribution in [0.4, 0.5) is 5.82 Å². The number of nitrogens with zero attached hydrogens (tertiary/aromatic N) is 2. The first-order valence-electron chi connectivity index (χ1n) is 7.35. The molecule has 0 unspecified atom stereocenters. The van der Waals surface area contributed by atoms with E-state index in [9.17, 15) is 4.79 Å². The SMILES string of the molecule is O=C(OCc1ccc(Cl)cc1)c1cccnc1N1CCCC1. The standard InChI is InChI=1S/C17H17ClN2O2/c18-14-7-5-13(6-8-14)12-22-17(21)15-4-3-9-19-16(15)20-10-1-2-11-20/h3-9H,1-2,10-12H2. The first-order chi connectivity index (χ1) is 10.7. The fourth-order valence-corrected chi connectivity index (χ4v) is 2.67. The van der Waals surface area contributed by atoms with Crippen molar-refractivity contribution < 1.29 is 9.53 Å². The summed E-state index contributed by atoms with van der Waals surface area (Å²) in [4.78, 5) is 18.8. The second kappa shape index (κ2) is 6.79. The molecule has 1 aliphatic rings. The minimum atomic E-state index is -0.343. The summed E-state index contributed by atoms with van der Waals surface area (Å²) in [5, 5.41) is 0.665. The van der Waals surface area contributed by atoms with Gasteiger partial charge in [-0.3, -0.25) is 0 Å². The molecule has 0 aliphatic carbocycles. The van der Waals surface area contributed by atoms with Gasteiger partial charge in [0.1, 0.15) is 18.0 Å². The van der Waals surface area contributed by atoms with Crippen molar-refractivity contribution in [1.29, 1.82) is 0 Å². The smallest absolute Gasteiger partial charge is 0.342 e. The minimum Gasteiger partial charge on any atom is -0.457 e. The molecule has 0 bridgehead atoms. The number of hydrogen-bond donors (Lipinski definition) is 0. The number of aromatic nitrogens is 1. The average Bonchev–Trinajstić information content (AvgIpc) is 3.08. The summed E-state index contributed by atoms with van der Waals surface area (Å²) in [6.45, 7) is 2.10. The highest BCUT2D eigenvalue weighted by Gasteiger charge is 2.21. The zero-order valence-corrected chi connectivity index (χ0v) is 12.9. The van der Waals surface area contributed by atoms with Crippen LogP contribution in [0.5, 0.6) is 0 Å². The van der Waals surface area contributed by atoms with Crippen LogP contribution in [0.25, 0.3) is 0 Å². The summed E-state index contributed by atoms with van der Waals surface area (Å²) in [6.07, 6.45) is 3.98. The highest BCUT2D eigenvalue weighted by molar-refractivity contribution is 6.30. The maximum Gasteiger partial charge on any atom is 0.342 e. The summed E-state index contributed by atoms with van der Waals surface area (Å²) in [7, 11) is 0. The quantitative estimate of drug-likeness (QED) is 0.807. The Labute approximate surface area is 134 Å². The molecule has 0 radical (unpaired) electrons. The van der Waals surface area contributed by atoms with Crippen LogP contribution in [-0.4, -0.2) is 24.0 Å². The number of carbonyl (C=O) groups excluding carboxylic acids is 1. The molecule has 2 heterocycles. The lowest BCUT2D eigenvalue weighted by atomic mass is 10.2. The predicted octanol–water partition coefficient (Wildman–Crippen LogP) is 3.69. The van der Waals surface area contributed by atoms with E-state index >= 15 is 0 Å². The van der Waals surface area contributed by atoms with E-state index in [1.807, 2.05) is 12.1 Å². The summed E-state index contributed by atoms with van der Waals surface area (Å²) in [5.41, 5.74) is 1.43. The van der Waals surface area contributed by atoms with E-state index in [2.05, 4.69) is 9.88 Å². The lowest BCUT2D eigenvalue weighted by molar-refractivity contribution is 0.0473. The second-order valence-electron chi connectivity index (χ2n) is 5.27. The molecule has 1 aliphatic heterocycles. The van der Waals surface area contributed by atoms with Gasteiger partial charge in [0.05, 0.1) is 0 Å². The number of halogens is 1. The van der Waals surface area contributed by atoms with Crippen LogP contribution in [0, 0.1) is 0 Å². The monoisotopic (exact) mass is 316 g/mol. The molecule has 0 atom stereocenters. The van der Waals surface area contributed by atoms with Crippen LogP contribution in [0.2, 0.25) is 5.02 Å². The maximum absolute atomic E-state index is 12.3. The Morgan fingerprint density at radius 2 is 1.91 bits per heavy atom. The first-order valence-corrected chi connectivity index (χ1v) is 7.73. The van der Waals surface area contributed by atoms with Crippen LogP contribution >= 0.6 is 11.6 Å². The van der Waals surface area contributed by atoms with Crippen molar-refractivity contribution >= 4 is 23.4 Å². The van der Waals surface area contributed by atoms with E-state index in [-0.39, 0.29) is 12.6 Å². The van der Waals surface area contributed by atoms with Crippen LogP contribution in [0.3, 0.4) is 0 Å². The number of pyridine rings is 1. The van der Waals surface area contributed by atoms with Crippen LogP contribution in [0.15, 0.2) is 42.6 Å². The van der Waals surface area contributed by atoms with Crippen molar-refractivity contribution in [3.63, 3.8) is 0 Å². The maximum atomic E-state index is 12.3. The third kappa shape index (κ3) is 3.39. The molecule has 114 valence electrons. The van der Waals surface area contributed by atoms with E-state index in [0.717, 1.165) is 37.3 Å². The normalized spacial score (nSPS) is 14.1. The topological polar surface area (TPSA) is 42.4 Å². The Hall–Kier alpha value is -2.07. The Morgan fingerprint density at radius 1 is 1.18 bits per heavy atom. The van der Waals surface area contributed by atoms with Crippen LogP contribution in [0.1, 0.15) is 28.8 Å². The first kappa shape index (κ1) is 14.9. The molecular weight excluding hydrogens is 300 g/mol. The molecule has 1 fully saturated rings. The van der Waals surface area contributed by atoms with Gasteiger partial charge in [-0.25, -0.2) is 9.78 Å². The number of rotatable bonds is 4. The number of benzene rings is 1. The molecule has 22 heavy (non-hydrogen) atoms. The van der Waals surface area contributed by atoms with E-state index in [1.165, 1.54) is 0 Å². The second-order valence-corrected chi connectivity index (χ2v) is 5.71. The van der Waals surface area contributed by atoms with Crippen molar-refractivity contribution in [2.75, 3.05) is 18.0 Å². The third-order valence-corrected chi connectivity index (χ3v) is 3.95. The third-order valence-electron chi connectivity index (χ3n) is 3.70. The predicted molar refractivity (Wildman–Crippen MR) is 86.3 cm³/mol. The van der Waals surface area contributed by atoms with Crippen molar-refractivity contribution in [2.24, 2.45) is 0 Å². The molecule has 0 N–H and O–H groups in total. The van der Waals surface area contributed by atoms with E-state index in [0.29, 0.717) is 10.6 Å². The average molecular weight is 317 g/mol. The molecular formula is C17H17ClN2O2. The molecule has 0 saturated carbocycles. The van der Waals surface area contributed by atoms with Gasteiger partial charge in [-0.2, -0.15) is 0 Å². The molecule has 0 amide bonds. The van der Waals surface area contributed by atoms with Crippen molar-refractivity contribution in [1.82, 2.24) is 4.98 Å². The number of esters is 1. The summed E-state index contributed by atoms with van der Waals surface area (Å²) < 4.78 is 5.41. The number of carbonyl (C=O) groups is 1. The van der Waals surface area contributed by atoms with Crippen molar-refractivity contribution in [3.05, 3.63) is 58.7 Å². The number of hydrogen-bond acceptors (Lipinski definition) is 4. The van der Waals surface area contributed by atoms with E-state index < -0.39 is 0 Å². The molecule has 1 saturated heterocycles. The molecule has 4 nitrogen and oxygen atoms in total. The van der Waals surface area contributed by atoms with Crippen molar-refractivity contribution in [3.8, 4) is 0 Å². The van der Waals surface area contributed by atoms with Gasteiger partial charge in [0, 0.05) is 24.3 Å². The fraction of sp³-hybridized carbons (Fsp3) is 0.294. The summed E-state index contributed by atoms with van der Waals surface area (Å²) in [6, 6.07) is 10.8. The number of anilines is 1. The van der Waals surface area contributed by atoms with Gasteiger partial charge in [0.2, 0.25) is 0 Å². The Kier molecular flexibility index (Phi) is 4.59. The zero-order valence-electron chi connectivity index (χ0n) is 12.2. The van der Waals surface area contributed by atoms with E-state index in [1.54, 1.807) is 30.5 Å². The van der Waals surface area contributed by atoms with Crippen molar-refractivity contribution in [2.45, 2.75) is 19.4 Å². The van der Waals surface area contributed by atoms with Gasteiger partial charge in [-0.05, 0) is 42.7 Å². The lowest BCUT2D eigenvalue weighted by Gasteiger charge is -2.19. The molecule has 3 rings (SSSR count). The van der Waals surface area contributed by atoms with Gasteiger partial charge < -0.3 is 9.64 Å². The van der Waals surface area contributed by atoms with Gasteiger partial charge in [0.15, 0.2) is 0 Å². The fourth-order valence-electron chi connectivity index (χ4n) is 2.54. The molecule has 5 heteroatoms. The van der Waals surface area contributed by atoms with Crippen LogP contribution < -0.4 is 4.90 Å². The molecule has 2 aromatic rings. The number of ether oxygens (including phenoxy) is 1. The Balaban J connectivity index is 1.70. The molecule has 0 spiro atoms. The molecule has 1 aromatic carbocycles. The van der Waals surface area contributed by atoms with Gasteiger partial charge in [-0.15, -0.1) is 0 Å². The van der Waals surface area contributed by atoms with Gasteiger partial charge in [-0.1, -0.05) is 23.7 Å². The van der Waals surface area contributed by atoms with Gasteiger partial charge in [0.25, 0.3) is 0 Å². The lowest BCUT2D eigenvalue weighted by Crippen LogP contribution is -2.22. The highest BCUT2D eigenvalue weighted by atomic mass is 35.5. The van der Waals surface area contributed by atoms with Crippen LogP contribution in [-0.2, 0) is 11.3 Å². The zero-order chi connectivity index (χ0) is 15.4. The minimum absolute atomic E-state index is 0.227. The summed E-state index contributed by atoms with van der Waals surface area (Å²) in [5.74, 6) is 0.381. The Bertz CT molecular complexity index is 652. The van der Waals surface area contributed by atoms with Gasteiger partial charge >= 0.3 is 5.97 Å². The molecule has 1 aromatic heterocycles.